The lowest BCUT2D eigenvalue weighted by atomic mass is 10.1. The molecule has 0 fully saturated rings. The van der Waals surface area contributed by atoms with Crippen molar-refractivity contribution in [3.05, 3.63) is 59.3 Å². The Morgan fingerprint density at radius 3 is 1.41 bits per heavy atom. The van der Waals surface area contributed by atoms with E-state index in [-0.39, 0.29) is 64.4 Å². The molecule has 0 atom stereocenters. The number of nitrogens with two attached hydrogens (primary N) is 4. The number of nitrogens with one attached hydrogen (secondary N) is 2. The van der Waals surface area contributed by atoms with Gasteiger partial charge in [0, 0.05) is 80.6 Å². The number of anilines is 2. The molecule has 49 heavy (non-hydrogen) atoms. The van der Waals surface area contributed by atoms with Crippen LogP contribution in [0.15, 0.2) is 72.8 Å². The molecule has 0 radical (unpaired) electrons. The van der Waals surface area contributed by atoms with Gasteiger partial charge in [-0.05, 0) is 37.3 Å². The first-order chi connectivity index (χ1) is 23.1. The van der Waals surface area contributed by atoms with Crippen LogP contribution in [0.5, 0.6) is 0 Å². The second kappa shape index (κ2) is 20.3. The number of nitrogens with zero attached hydrogens (tertiary/aromatic N) is 1. The summed E-state index contributed by atoms with van der Waals surface area (Å²) in [5.74, 6) is -0.822. The summed E-state index contributed by atoms with van der Waals surface area (Å²) in [6, 6.07) is 4.21. The molecule has 270 valence electrons. The summed E-state index contributed by atoms with van der Waals surface area (Å²) in [6.45, 7) is 5.80. The molecule has 0 saturated carbocycles. The van der Waals surface area contributed by atoms with Crippen LogP contribution < -0.4 is 33.6 Å². The number of rotatable bonds is 18. The highest BCUT2D eigenvalue weighted by Gasteiger charge is 2.36. The maximum atomic E-state index is 14.0. The topological polar surface area (TPSA) is 175 Å². The smallest absolute Gasteiger partial charge is 0.330 e. The highest BCUT2D eigenvalue weighted by atomic mass is 32.2. The molecule has 10 N–H and O–H groups in total. The predicted molar refractivity (Wildman–Crippen MR) is 191 cm³/mol. The number of benzene rings is 2. The van der Waals surface area contributed by atoms with E-state index in [4.69, 9.17) is 22.9 Å². The zero-order valence-corrected chi connectivity index (χ0v) is 29.6. The second-order valence-electron chi connectivity index (χ2n) is 9.58. The molecule has 2 aromatic carbocycles. The first kappa shape index (κ1) is 42.5. The number of alkyl halides is 6. The molecule has 0 aliphatic carbocycles. The molecule has 0 heterocycles. The van der Waals surface area contributed by atoms with Crippen LogP contribution in [0.3, 0.4) is 0 Å². The maximum absolute atomic E-state index is 14.0. The van der Waals surface area contributed by atoms with Crippen LogP contribution >= 0.6 is 47.0 Å². The van der Waals surface area contributed by atoms with Crippen LogP contribution in [-0.4, -0.2) is 67.2 Å². The van der Waals surface area contributed by atoms with Gasteiger partial charge in [-0.1, -0.05) is 6.58 Å². The fourth-order valence-corrected chi connectivity index (χ4v) is 7.33. The molecule has 2 amide bonds. The second-order valence-corrected chi connectivity index (χ2v) is 14.1. The predicted octanol–water partition coefficient (Wildman–Crippen LogP) is 6.04. The number of thioether (sulfide) groups is 4. The molecule has 9 nitrogen and oxygen atoms in total. The monoisotopic (exact) mass is 769 g/mol. The van der Waals surface area contributed by atoms with Gasteiger partial charge in [0.05, 0.1) is 22.5 Å². The molecule has 0 unspecified atom stereocenters. The highest BCUT2D eigenvalue weighted by Crippen LogP contribution is 2.44. The van der Waals surface area contributed by atoms with E-state index in [0.29, 0.717) is 21.3 Å². The normalized spacial score (nSPS) is 12.4. The maximum Gasteiger partial charge on any atom is 0.417 e. The standard InChI is InChI=1S/C30H37F6N7O2S4/c1-3-41-22(28(45)43-21-14-19(30(34,35)36)24(47-9-5-38)16-26(21)49-11-7-40)12-17(2)27(44)42-20-13-18(29(31,32)33)23(46-8-4-37)15-25(20)48-10-6-39/h3,12-16H,2,4-11,37-40H2,1H3,(H,42,44)(H,43,45)/b22-12-,41-3?. The number of hydrogen-bond donors (Lipinski definition) is 6. The number of halogens is 6. The van der Waals surface area contributed by atoms with Crippen LogP contribution in [0.4, 0.5) is 37.7 Å². The lowest BCUT2D eigenvalue weighted by Gasteiger charge is -2.19. The summed E-state index contributed by atoms with van der Waals surface area (Å²) >= 11 is 4.09. The number of carbonyl (C=O) groups excluding carboxylic acids is 2. The van der Waals surface area contributed by atoms with Crippen molar-refractivity contribution >= 4 is 76.5 Å². The molecule has 0 aliphatic heterocycles. The van der Waals surface area contributed by atoms with E-state index in [2.05, 4.69) is 22.2 Å². The van der Waals surface area contributed by atoms with Crippen molar-refractivity contribution in [1.29, 1.82) is 0 Å². The zero-order valence-electron chi connectivity index (χ0n) is 26.3. The van der Waals surface area contributed by atoms with E-state index >= 15 is 0 Å². The summed E-state index contributed by atoms with van der Waals surface area (Å²) in [5.41, 5.74) is 19.1. The minimum Gasteiger partial charge on any atom is -0.330 e. The van der Waals surface area contributed by atoms with Gasteiger partial charge in [-0.25, -0.2) is 0 Å². The molecular weight excluding hydrogens is 733 g/mol. The lowest BCUT2D eigenvalue weighted by molar-refractivity contribution is -0.140. The quantitative estimate of drug-likeness (QED) is 0.0345. The molecular formula is C30H37F6N7O2S4. The Labute approximate surface area is 297 Å². The van der Waals surface area contributed by atoms with Crippen molar-refractivity contribution in [2.45, 2.75) is 38.9 Å². The molecule has 0 aromatic heterocycles. The molecule has 0 saturated heterocycles. The Morgan fingerprint density at radius 2 is 1.06 bits per heavy atom. The number of hydrogen-bond acceptors (Lipinski definition) is 11. The minimum atomic E-state index is -4.76. The van der Waals surface area contributed by atoms with Crippen LogP contribution in [-0.2, 0) is 21.9 Å². The van der Waals surface area contributed by atoms with Gasteiger partial charge in [0.1, 0.15) is 5.70 Å². The fourth-order valence-electron chi connectivity index (χ4n) is 3.83. The van der Waals surface area contributed by atoms with Gasteiger partial charge in [-0.2, -0.15) is 26.3 Å². The van der Waals surface area contributed by atoms with Crippen LogP contribution in [0.25, 0.3) is 0 Å². The Morgan fingerprint density at radius 1 is 0.694 bits per heavy atom. The zero-order chi connectivity index (χ0) is 36.8. The van der Waals surface area contributed by atoms with Gasteiger partial charge in [-0.15, -0.1) is 47.0 Å². The highest BCUT2D eigenvalue weighted by molar-refractivity contribution is 8.00. The lowest BCUT2D eigenvalue weighted by Crippen LogP contribution is -2.19. The van der Waals surface area contributed by atoms with Crippen molar-refractivity contribution in [3.8, 4) is 0 Å². The SMILES string of the molecule is C=C(/C=C(\N=CC)C(=O)Nc1cc(C(F)(F)F)c(SCCN)cc1SCCN)C(=O)Nc1cc(C(F)(F)F)c(SCCN)cc1SCCN. The van der Waals surface area contributed by atoms with Crippen LogP contribution in [0.2, 0.25) is 0 Å². The third-order valence-corrected chi connectivity index (χ3v) is 10.2. The van der Waals surface area contributed by atoms with E-state index in [1.807, 2.05) is 0 Å². The molecule has 2 rings (SSSR count). The summed E-state index contributed by atoms with van der Waals surface area (Å²) in [4.78, 5) is 31.0. The van der Waals surface area contributed by atoms with E-state index in [0.717, 1.165) is 65.3 Å². The van der Waals surface area contributed by atoms with Crippen molar-refractivity contribution in [3.63, 3.8) is 0 Å². The van der Waals surface area contributed by atoms with Crippen molar-refractivity contribution in [2.24, 2.45) is 27.9 Å². The van der Waals surface area contributed by atoms with Gasteiger partial charge in [-0.3, -0.25) is 14.6 Å². The first-order valence-electron chi connectivity index (χ1n) is 14.4. The van der Waals surface area contributed by atoms with Crippen molar-refractivity contribution in [2.75, 3.05) is 59.8 Å². The largest absolute Gasteiger partial charge is 0.417 e. The van der Waals surface area contributed by atoms with Crippen LogP contribution in [0, 0.1) is 0 Å². The Kier molecular flexibility index (Phi) is 17.6. The summed E-state index contributed by atoms with van der Waals surface area (Å²) in [7, 11) is 0. The fraction of sp³-hybridized carbons (Fsp3) is 0.367. The van der Waals surface area contributed by atoms with E-state index < -0.39 is 41.0 Å². The summed E-state index contributed by atoms with van der Waals surface area (Å²) in [6.07, 6.45) is -7.33. The van der Waals surface area contributed by atoms with Gasteiger partial charge in [0.25, 0.3) is 11.8 Å². The van der Waals surface area contributed by atoms with E-state index in [9.17, 15) is 35.9 Å². The van der Waals surface area contributed by atoms with Gasteiger partial charge >= 0.3 is 12.4 Å². The minimum absolute atomic E-state index is 0.0749. The van der Waals surface area contributed by atoms with Gasteiger partial charge in [0.15, 0.2) is 0 Å². The van der Waals surface area contributed by atoms with Crippen LogP contribution in [0.1, 0.15) is 18.1 Å². The molecule has 0 bridgehead atoms. The Balaban J connectivity index is 2.50. The summed E-state index contributed by atoms with van der Waals surface area (Å²) in [5, 5.41) is 4.85. The molecule has 0 spiro atoms. The average Bonchev–Trinajstić information content (AvgIpc) is 3.03. The third-order valence-electron chi connectivity index (χ3n) is 5.88. The van der Waals surface area contributed by atoms with E-state index in [1.54, 1.807) is 0 Å². The van der Waals surface area contributed by atoms with Gasteiger partial charge in [0.2, 0.25) is 0 Å². The molecule has 19 heteroatoms. The Hall–Kier alpha value is -2.65. The number of carbonyl (C=O) groups is 2. The molecule has 2 aromatic rings. The Bertz CT molecular complexity index is 1540. The van der Waals surface area contributed by atoms with Crippen molar-refractivity contribution in [1.82, 2.24) is 0 Å². The molecule has 0 aliphatic rings. The average molecular weight is 770 g/mol. The summed E-state index contributed by atoms with van der Waals surface area (Å²) < 4.78 is 84.0. The van der Waals surface area contributed by atoms with Crippen molar-refractivity contribution < 1.29 is 35.9 Å². The van der Waals surface area contributed by atoms with E-state index in [1.165, 1.54) is 25.3 Å². The van der Waals surface area contributed by atoms with Gasteiger partial charge < -0.3 is 33.6 Å². The third kappa shape index (κ3) is 13.2. The number of amides is 2. The number of aliphatic imine (C=N–C) groups is 1. The first-order valence-corrected chi connectivity index (χ1v) is 18.4.